The highest BCUT2D eigenvalue weighted by Gasteiger charge is 2.11. The second-order valence-electron chi connectivity index (χ2n) is 4.90. The van der Waals surface area contributed by atoms with Gasteiger partial charge in [0.1, 0.15) is 0 Å². The van der Waals surface area contributed by atoms with E-state index in [-0.39, 0.29) is 17.5 Å². The fourth-order valence-electron chi connectivity index (χ4n) is 1.84. The first-order chi connectivity index (χ1) is 9.93. The maximum Gasteiger partial charge on any atom is 0.335 e. The number of hydrogen-bond acceptors (Lipinski definition) is 3. The molecule has 1 unspecified atom stereocenters. The second-order valence-corrected chi connectivity index (χ2v) is 4.90. The van der Waals surface area contributed by atoms with Gasteiger partial charge in [-0.25, -0.2) is 9.59 Å². The van der Waals surface area contributed by atoms with Crippen molar-refractivity contribution in [3.8, 4) is 6.07 Å². The van der Waals surface area contributed by atoms with Crippen molar-refractivity contribution in [2.45, 2.75) is 13.3 Å². The average molecular weight is 289 g/mol. The number of nitrogens with one attached hydrogen (secondary N) is 1. The highest BCUT2D eigenvalue weighted by Crippen LogP contribution is 2.05. The molecule has 112 valence electrons. The number of hydrogen-bond donors (Lipinski definition) is 2. The third-order valence-corrected chi connectivity index (χ3v) is 2.98. The minimum atomic E-state index is -0.967. The van der Waals surface area contributed by atoms with Gasteiger partial charge >= 0.3 is 12.0 Å². The van der Waals surface area contributed by atoms with Crippen molar-refractivity contribution < 1.29 is 14.7 Å². The van der Waals surface area contributed by atoms with Gasteiger partial charge in [0, 0.05) is 20.1 Å². The molecule has 0 aromatic heterocycles. The molecule has 0 radical (unpaired) electrons. The molecular weight excluding hydrogens is 270 g/mol. The number of urea groups is 1. The fraction of sp³-hybridized carbons (Fsp3) is 0.400. The van der Waals surface area contributed by atoms with E-state index in [1.54, 1.807) is 26.1 Å². The highest BCUT2D eigenvalue weighted by molar-refractivity contribution is 5.87. The first-order valence-electron chi connectivity index (χ1n) is 6.65. The maximum atomic E-state index is 11.8. The van der Waals surface area contributed by atoms with Gasteiger partial charge in [0.25, 0.3) is 0 Å². The molecule has 0 aliphatic carbocycles. The van der Waals surface area contributed by atoms with Crippen LogP contribution in [0, 0.1) is 17.2 Å². The van der Waals surface area contributed by atoms with E-state index in [0.29, 0.717) is 19.5 Å². The Labute approximate surface area is 124 Å². The van der Waals surface area contributed by atoms with Crippen LogP contribution in [0.4, 0.5) is 4.79 Å². The largest absolute Gasteiger partial charge is 0.478 e. The SMILES string of the molecule is CC(C#N)CN(C)C(=O)NCCc1cccc(C(=O)O)c1. The van der Waals surface area contributed by atoms with E-state index in [2.05, 4.69) is 11.4 Å². The van der Waals surface area contributed by atoms with Gasteiger partial charge in [-0.1, -0.05) is 12.1 Å². The number of aromatic carboxylic acids is 1. The summed E-state index contributed by atoms with van der Waals surface area (Å²) in [5.41, 5.74) is 1.09. The third-order valence-electron chi connectivity index (χ3n) is 2.98. The number of rotatable bonds is 6. The predicted molar refractivity (Wildman–Crippen MR) is 77.9 cm³/mol. The Morgan fingerprint density at radius 3 is 2.81 bits per heavy atom. The summed E-state index contributed by atoms with van der Waals surface area (Å²) < 4.78 is 0. The highest BCUT2D eigenvalue weighted by atomic mass is 16.4. The molecule has 6 heteroatoms. The van der Waals surface area contributed by atoms with Crippen molar-refractivity contribution in [1.29, 1.82) is 5.26 Å². The molecule has 1 aromatic carbocycles. The summed E-state index contributed by atoms with van der Waals surface area (Å²) in [4.78, 5) is 24.1. The molecule has 6 nitrogen and oxygen atoms in total. The summed E-state index contributed by atoms with van der Waals surface area (Å²) in [6, 6.07) is 8.45. The van der Waals surface area contributed by atoms with E-state index in [1.165, 1.54) is 11.0 Å². The number of carboxylic acids is 1. The number of nitriles is 1. The van der Waals surface area contributed by atoms with Gasteiger partial charge in [-0.05, 0) is 31.0 Å². The zero-order valence-corrected chi connectivity index (χ0v) is 12.2. The summed E-state index contributed by atoms with van der Waals surface area (Å²) >= 11 is 0. The average Bonchev–Trinajstić information content (AvgIpc) is 2.47. The van der Waals surface area contributed by atoms with Gasteiger partial charge in [-0.3, -0.25) is 0 Å². The Kier molecular flexibility index (Phi) is 6.21. The van der Waals surface area contributed by atoms with Gasteiger partial charge in [0.05, 0.1) is 17.6 Å². The van der Waals surface area contributed by atoms with Crippen molar-refractivity contribution in [3.63, 3.8) is 0 Å². The summed E-state index contributed by atoms with van der Waals surface area (Å²) in [5.74, 6) is -1.18. The zero-order chi connectivity index (χ0) is 15.8. The first kappa shape index (κ1) is 16.5. The molecule has 1 rings (SSSR count). The van der Waals surface area contributed by atoms with E-state index in [9.17, 15) is 9.59 Å². The second kappa shape index (κ2) is 7.90. The first-order valence-corrected chi connectivity index (χ1v) is 6.65. The van der Waals surface area contributed by atoms with Crippen LogP contribution in [0.5, 0.6) is 0 Å². The Balaban J connectivity index is 2.43. The monoisotopic (exact) mass is 289 g/mol. The van der Waals surface area contributed by atoms with Crippen LogP contribution in [0.25, 0.3) is 0 Å². The summed E-state index contributed by atoms with van der Waals surface area (Å²) in [6.45, 7) is 2.53. The number of carbonyl (C=O) groups excluding carboxylic acids is 1. The minimum absolute atomic E-state index is 0.215. The van der Waals surface area contributed by atoms with Crippen LogP contribution in [0.15, 0.2) is 24.3 Å². The molecule has 2 amide bonds. The lowest BCUT2D eigenvalue weighted by atomic mass is 10.1. The van der Waals surface area contributed by atoms with Crippen molar-refractivity contribution in [1.82, 2.24) is 10.2 Å². The molecule has 0 aliphatic rings. The molecule has 21 heavy (non-hydrogen) atoms. The topological polar surface area (TPSA) is 93.4 Å². The van der Waals surface area contributed by atoms with Gasteiger partial charge in [0.2, 0.25) is 0 Å². The normalized spacial score (nSPS) is 11.3. The number of carbonyl (C=O) groups is 2. The third kappa shape index (κ3) is 5.53. The van der Waals surface area contributed by atoms with E-state index in [4.69, 9.17) is 10.4 Å². The van der Waals surface area contributed by atoms with Crippen LogP contribution in [-0.2, 0) is 6.42 Å². The molecule has 0 spiro atoms. The summed E-state index contributed by atoms with van der Waals surface area (Å²) in [7, 11) is 1.63. The van der Waals surface area contributed by atoms with Crippen LogP contribution in [0.2, 0.25) is 0 Å². The van der Waals surface area contributed by atoms with E-state index in [1.807, 2.05) is 6.07 Å². The molecule has 2 N–H and O–H groups in total. The van der Waals surface area contributed by atoms with Crippen LogP contribution in [-0.4, -0.2) is 42.1 Å². The molecule has 1 atom stereocenters. The van der Waals surface area contributed by atoms with Crippen LogP contribution in [0.1, 0.15) is 22.8 Å². The zero-order valence-electron chi connectivity index (χ0n) is 12.2. The van der Waals surface area contributed by atoms with Crippen LogP contribution >= 0.6 is 0 Å². The Morgan fingerprint density at radius 2 is 2.19 bits per heavy atom. The molecule has 0 bridgehead atoms. The summed E-state index contributed by atoms with van der Waals surface area (Å²) in [5, 5.41) is 20.3. The van der Waals surface area contributed by atoms with Crippen molar-refractivity contribution in [3.05, 3.63) is 35.4 Å². The van der Waals surface area contributed by atoms with Crippen LogP contribution in [0.3, 0.4) is 0 Å². The van der Waals surface area contributed by atoms with Crippen molar-refractivity contribution in [2.24, 2.45) is 5.92 Å². The number of carboxylic acid groups (broad SMARTS) is 1. The quantitative estimate of drug-likeness (QED) is 0.834. The smallest absolute Gasteiger partial charge is 0.335 e. The van der Waals surface area contributed by atoms with Gasteiger partial charge in [0.15, 0.2) is 0 Å². The number of nitrogens with zero attached hydrogens (tertiary/aromatic N) is 2. The molecule has 0 fully saturated rings. The predicted octanol–water partition coefficient (Wildman–Crippen LogP) is 1.73. The maximum absolute atomic E-state index is 11.8. The van der Waals surface area contributed by atoms with E-state index < -0.39 is 5.97 Å². The Morgan fingerprint density at radius 1 is 1.48 bits per heavy atom. The number of amides is 2. The van der Waals surface area contributed by atoms with Crippen LogP contribution < -0.4 is 5.32 Å². The van der Waals surface area contributed by atoms with E-state index >= 15 is 0 Å². The Bertz CT molecular complexity index is 551. The standard InChI is InChI=1S/C15H19N3O3/c1-11(9-16)10-18(2)15(21)17-7-6-12-4-3-5-13(8-12)14(19)20/h3-5,8,11H,6-7,10H2,1-2H3,(H,17,21)(H,19,20). The summed E-state index contributed by atoms with van der Waals surface area (Å²) in [6.07, 6.45) is 0.550. The molecule has 0 saturated heterocycles. The van der Waals surface area contributed by atoms with Crippen molar-refractivity contribution in [2.75, 3.05) is 20.1 Å². The lowest BCUT2D eigenvalue weighted by molar-refractivity contribution is 0.0696. The lowest BCUT2D eigenvalue weighted by Crippen LogP contribution is -2.40. The molecule has 0 aliphatic heterocycles. The van der Waals surface area contributed by atoms with Gasteiger partial charge in [-0.2, -0.15) is 5.26 Å². The Hall–Kier alpha value is -2.55. The number of benzene rings is 1. The molecule has 1 aromatic rings. The van der Waals surface area contributed by atoms with Crippen molar-refractivity contribution >= 4 is 12.0 Å². The van der Waals surface area contributed by atoms with Gasteiger partial charge < -0.3 is 15.3 Å². The molecule has 0 saturated carbocycles. The molecule has 0 heterocycles. The fourth-order valence-corrected chi connectivity index (χ4v) is 1.84. The lowest BCUT2D eigenvalue weighted by Gasteiger charge is -2.18. The van der Waals surface area contributed by atoms with Gasteiger partial charge in [-0.15, -0.1) is 0 Å². The van der Waals surface area contributed by atoms with E-state index in [0.717, 1.165) is 5.56 Å². The minimum Gasteiger partial charge on any atom is -0.478 e. The molecular formula is C15H19N3O3.